The number of hydrogen-bond acceptors (Lipinski definition) is 4. The number of rotatable bonds is 6. The van der Waals surface area contributed by atoms with Gasteiger partial charge in [0.2, 0.25) is 5.91 Å². The van der Waals surface area contributed by atoms with Crippen molar-refractivity contribution in [2.75, 3.05) is 32.5 Å². The summed E-state index contributed by atoms with van der Waals surface area (Å²) >= 11 is 1.70. The zero-order valence-corrected chi connectivity index (χ0v) is 13.6. The molecule has 1 heterocycles. The Kier molecular flexibility index (Phi) is 5.53. The molecule has 1 fully saturated rings. The van der Waals surface area contributed by atoms with Crippen LogP contribution in [-0.4, -0.2) is 43.3 Å². The van der Waals surface area contributed by atoms with Crippen molar-refractivity contribution < 1.29 is 9.53 Å². The Labute approximate surface area is 131 Å². The Balaban J connectivity index is 1.74. The van der Waals surface area contributed by atoms with E-state index in [9.17, 15) is 4.79 Å². The molecule has 1 saturated heterocycles. The van der Waals surface area contributed by atoms with Gasteiger partial charge in [-0.05, 0) is 42.6 Å². The lowest BCUT2D eigenvalue weighted by atomic mass is 9.90. The van der Waals surface area contributed by atoms with Gasteiger partial charge >= 0.3 is 0 Å². The number of hydrogen-bond donors (Lipinski definition) is 1. The Hall–Kier alpha value is -1.20. The van der Waals surface area contributed by atoms with Gasteiger partial charge in [0.1, 0.15) is 5.75 Å². The minimum Gasteiger partial charge on any atom is -0.497 e. The first-order valence-electron chi connectivity index (χ1n) is 7.31. The molecule has 21 heavy (non-hydrogen) atoms. The van der Waals surface area contributed by atoms with E-state index >= 15 is 0 Å². The summed E-state index contributed by atoms with van der Waals surface area (Å²) in [7, 11) is 1.66. The van der Waals surface area contributed by atoms with Gasteiger partial charge in [-0.1, -0.05) is 6.92 Å². The number of likely N-dealkylation sites (tertiary alicyclic amines) is 1. The summed E-state index contributed by atoms with van der Waals surface area (Å²) in [6.45, 7) is 4.46. The average Bonchev–Trinajstić information content (AvgIpc) is 2.91. The number of carbonyl (C=O) groups excluding carboxylic acids is 1. The highest BCUT2D eigenvalue weighted by Crippen LogP contribution is 2.29. The number of benzene rings is 1. The third-order valence-corrected chi connectivity index (χ3v) is 5.06. The highest BCUT2D eigenvalue weighted by Gasteiger charge is 2.34. The molecule has 0 bridgehead atoms. The van der Waals surface area contributed by atoms with E-state index in [4.69, 9.17) is 10.5 Å². The molecule has 1 unspecified atom stereocenters. The molecule has 0 aromatic heterocycles. The third kappa shape index (κ3) is 4.38. The summed E-state index contributed by atoms with van der Waals surface area (Å²) in [6.07, 6.45) is 1.60. The van der Waals surface area contributed by atoms with Crippen molar-refractivity contribution in [3.63, 3.8) is 0 Å². The van der Waals surface area contributed by atoms with Gasteiger partial charge in [0.05, 0.1) is 7.11 Å². The van der Waals surface area contributed by atoms with Crippen LogP contribution in [0, 0.1) is 5.41 Å². The van der Waals surface area contributed by atoms with E-state index in [1.54, 1.807) is 18.9 Å². The van der Waals surface area contributed by atoms with E-state index in [-0.39, 0.29) is 11.3 Å². The van der Waals surface area contributed by atoms with Crippen LogP contribution in [0.1, 0.15) is 19.8 Å². The summed E-state index contributed by atoms with van der Waals surface area (Å²) in [5, 5.41) is 0. The topological polar surface area (TPSA) is 55.6 Å². The number of methoxy groups -OCH3 is 1. The summed E-state index contributed by atoms with van der Waals surface area (Å²) in [4.78, 5) is 15.3. The summed E-state index contributed by atoms with van der Waals surface area (Å²) < 4.78 is 5.13. The molecule has 1 atom stereocenters. The number of carbonyl (C=O) groups is 1. The second-order valence-corrected chi connectivity index (χ2v) is 7.02. The van der Waals surface area contributed by atoms with Gasteiger partial charge in [-0.15, -0.1) is 11.8 Å². The van der Waals surface area contributed by atoms with E-state index in [0.29, 0.717) is 13.0 Å². The van der Waals surface area contributed by atoms with Crippen molar-refractivity contribution in [3.05, 3.63) is 24.3 Å². The zero-order chi connectivity index (χ0) is 15.3. The second-order valence-electron chi connectivity index (χ2n) is 5.85. The van der Waals surface area contributed by atoms with Crippen LogP contribution in [0.15, 0.2) is 29.2 Å². The van der Waals surface area contributed by atoms with Crippen LogP contribution in [0.2, 0.25) is 0 Å². The zero-order valence-electron chi connectivity index (χ0n) is 12.8. The van der Waals surface area contributed by atoms with E-state index in [1.165, 1.54) is 0 Å². The quantitative estimate of drug-likeness (QED) is 0.820. The van der Waals surface area contributed by atoms with Crippen LogP contribution in [0.25, 0.3) is 0 Å². The predicted octanol–water partition coefficient (Wildman–Crippen LogP) is 2.37. The van der Waals surface area contributed by atoms with Crippen LogP contribution in [0.3, 0.4) is 0 Å². The normalized spacial score (nSPS) is 21.6. The molecule has 1 aromatic rings. The van der Waals surface area contributed by atoms with Crippen molar-refractivity contribution in [3.8, 4) is 5.75 Å². The maximum atomic E-state index is 12.2. The van der Waals surface area contributed by atoms with Crippen LogP contribution in [0.4, 0.5) is 0 Å². The smallest absolute Gasteiger partial charge is 0.223 e. The van der Waals surface area contributed by atoms with Gasteiger partial charge in [-0.2, -0.15) is 0 Å². The van der Waals surface area contributed by atoms with Crippen molar-refractivity contribution in [2.24, 2.45) is 11.1 Å². The van der Waals surface area contributed by atoms with Gasteiger partial charge in [0.25, 0.3) is 0 Å². The molecule has 1 amide bonds. The molecule has 0 radical (unpaired) electrons. The Morgan fingerprint density at radius 2 is 2.14 bits per heavy atom. The van der Waals surface area contributed by atoms with E-state index in [0.717, 1.165) is 35.9 Å². The number of thioether (sulfide) groups is 1. The SMILES string of the molecule is COc1ccc(SCCC(=O)N2CCC(C)(CN)C2)cc1. The van der Waals surface area contributed by atoms with Crippen molar-refractivity contribution >= 4 is 17.7 Å². The molecule has 0 saturated carbocycles. The predicted molar refractivity (Wildman–Crippen MR) is 86.7 cm³/mol. The Morgan fingerprint density at radius 1 is 1.43 bits per heavy atom. The fourth-order valence-corrected chi connectivity index (χ4v) is 3.33. The first-order chi connectivity index (χ1) is 10.1. The van der Waals surface area contributed by atoms with Gasteiger partial charge in [-0.25, -0.2) is 0 Å². The molecular formula is C16H24N2O2S. The monoisotopic (exact) mass is 308 g/mol. The Bertz CT molecular complexity index is 478. The summed E-state index contributed by atoms with van der Waals surface area (Å²) in [5.74, 6) is 1.91. The number of nitrogens with two attached hydrogens (primary N) is 1. The fraction of sp³-hybridized carbons (Fsp3) is 0.562. The lowest BCUT2D eigenvalue weighted by Gasteiger charge is -2.22. The van der Waals surface area contributed by atoms with Gasteiger partial charge in [0.15, 0.2) is 0 Å². The largest absolute Gasteiger partial charge is 0.497 e. The van der Waals surface area contributed by atoms with Gasteiger partial charge in [0, 0.05) is 30.2 Å². The summed E-state index contributed by atoms with van der Waals surface area (Å²) in [6, 6.07) is 7.93. The number of nitrogens with zero attached hydrogens (tertiary/aromatic N) is 1. The highest BCUT2D eigenvalue weighted by atomic mass is 32.2. The van der Waals surface area contributed by atoms with Crippen molar-refractivity contribution in [2.45, 2.75) is 24.7 Å². The number of ether oxygens (including phenoxy) is 1. The van der Waals surface area contributed by atoms with Crippen LogP contribution >= 0.6 is 11.8 Å². The molecule has 2 N–H and O–H groups in total. The van der Waals surface area contributed by atoms with Crippen LogP contribution in [-0.2, 0) is 4.79 Å². The molecule has 5 heteroatoms. The first-order valence-corrected chi connectivity index (χ1v) is 8.29. The molecule has 4 nitrogen and oxygen atoms in total. The van der Waals surface area contributed by atoms with Gasteiger partial charge < -0.3 is 15.4 Å². The maximum Gasteiger partial charge on any atom is 0.223 e. The second kappa shape index (κ2) is 7.18. The Morgan fingerprint density at radius 3 is 2.71 bits per heavy atom. The lowest BCUT2D eigenvalue weighted by Crippen LogP contribution is -2.34. The maximum absolute atomic E-state index is 12.2. The molecule has 1 aliphatic heterocycles. The molecule has 1 aromatic carbocycles. The van der Waals surface area contributed by atoms with Gasteiger partial charge in [-0.3, -0.25) is 4.79 Å². The minimum absolute atomic E-state index is 0.110. The average molecular weight is 308 g/mol. The van der Waals surface area contributed by atoms with Crippen molar-refractivity contribution in [1.82, 2.24) is 4.90 Å². The van der Waals surface area contributed by atoms with E-state index in [1.807, 2.05) is 29.2 Å². The van der Waals surface area contributed by atoms with Crippen LogP contribution in [0.5, 0.6) is 5.75 Å². The highest BCUT2D eigenvalue weighted by molar-refractivity contribution is 7.99. The molecule has 2 rings (SSSR count). The molecule has 1 aliphatic rings. The molecule has 0 aliphatic carbocycles. The van der Waals surface area contributed by atoms with E-state index < -0.39 is 0 Å². The standard InChI is InChI=1S/C16H24N2O2S/c1-16(11-17)8-9-18(12-16)15(19)7-10-21-14-5-3-13(20-2)4-6-14/h3-6H,7-12,17H2,1-2H3. The third-order valence-electron chi connectivity index (χ3n) is 4.05. The minimum atomic E-state index is 0.110. The molecule has 0 spiro atoms. The fourth-order valence-electron chi connectivity index (χ4n) is 2.49. The van der Waals surface area contributed by atoms with E-state index in [2.05, 4.69) is 6.92 Å². The lowest BCUT2D eigenvalue weighted by molar-refractivity contribution is -0.130. The summed E-state index contributed by atoms with van der Waals surface area (Å²) in [5.41, 5.74) is 5.89. The van der Waals surface area contributed by atoms with Crippen LogP contribution < -0.4 is 10.5 Å². The van der Waals surface area contributed by atoms with Crippen molar-refractivity contribution in [1.29, 1.82) is 0 Å². The number of amides is 1. The first kappa shape index (κ1) is 16.2. The molecule has 116 valence electrons. The molecular weight excluding hydrogens is 284 g/mol.